The summed E-state index contributed by atoms with van der Waals surface area (Å²) in [5, 5.41) is 4.57. The molecule has 0 atom stereocenters. The lowest BCUT2D eigenvalue weighted by atomic mass is 10.1. The summed E-state index contributed by atoms with van der Waals surface area (Å²) in [4.78, 5) is 0. The molecular formula is C23H19FN2O. The molecule has 4 aromatic rings. The maximum absolute atomic E-state index is 13.0. The first-order chi connectivity index (χ1) is 13.3. The van der Waals surface area contributed by atoms with Crippen LogP contribution in [0.2, 0.25) is 0 Å². The number of benzene rings is 3. The lowest BCUT2D eigenvalue weighted by Gasteiger charge is -2.07. The second kappa shape index (κ2) is 7.87. The minimum absolute atomic E-state index is 0.243. The molecule has 4 rings (SSSR count). The Bertz CT molecular complexity index is 993. The van der Waals surface area contributed by atoms with E-state index in [0.717, 1.165) is 28.1 Å². The molecule has 0 saturated carbocycles. The van der Waals surface area contributed by atoms with E-state index in [1.54, 1.807) is 12.1 Å². The monoisotopic (exact) mass is 358 g/mol. The Labute approximate surface area is 157 Å². The first-order valence-corrected chi connectivity index (χ1v) is 8.81. The molecule has 1 aromatic heterocycles. The highest BCUT2D eigenvalue weighted by Crippen LogP contribution is 2.19. The Morgan fingerprint density at radius 1 is 0.778 bits per heavy atom. The molecule has 0 N–H and O–H groups in total. The third-order valence-corrected chi connectivity index (χ3v) is 4.30. The van der Waals surface area contributed by atoms with Gasteiger partial charge in [0.25, 0.3) is 0 Å². The van der Waals surface area contributed by atoms with E-state index < -0.39 is 0 Å². The second-order valence-electron chi connectivity index (χ2n) is 6.32. The highest BCUT2D eigenvalue weighted by atomic mass is 19.1. The molecule has 0 aliphatic rings. The van der Waals surface area contributed by atoms with E-state index in [1.165, 1.54) is 12.1 Å². The summed E-state index contributed by atoms with van der Waals surface area (Å²) in [6.45, 7) is 1.22. The van der Waals surface area contributed by atoms with E-state index in [9.17, 15) is 4.39 Å². The van der Waals surface area contributed by atoms with Crippen molar-refractivity contribution in [3.05, 3.63) is 108 Å². The highest BCUT2D eigenvalue weighted by Gasteiger charge is 2.04. The highest BCUT2D eigenvalue weighted by molar-refractivity contribution is 5.58. The van der Waals surface area contributed by atoms with Crippen LogP contribution < -0.4 is 4.74 Å². The summed E-state index contributed by atoms with van der Waals surface area (Å²) in [6.07, 6.45) is 1.93. The van der Waals surface area contributed by atoms with Gasteiger partial charge in [-0.15, -0.1) is 0 Å². The number of hydrogen-bond acceptors (Lipinski definition) is 2. The molecule has 27 heavy (non-hydrogen) atoms. The lowest BCUT2D eigenvalue weighted by Crippen LogP contribution is -2.01. The van der Waals surface area contributed by atoms with Crippen LogP contribution in [0.25, 0.3) is 11.3 Å². The van der Waals surface area contributed by atoms with Crippen LogP contribution in [0.5, 0.6) is 5.75 Å². The number of halogens is 1. The van der Waals surface area contributed by atoms with Gasteiger partial charge in [0.05, 0.1) is 12.2 Å². The van der Waals surface area contributed by atoms with E-state index >= 15 is 0 Å². The molecule has 0 saturated heterocycles. The van der Waals surface area contributed by atoms with E-state index in [0.29, 0.717) is 13.2 Å². The Morgan fingerprint density at radius 2 is 1.52 bits per heavy atom. The summed E-state index contributed by atoms with van der Waals surface area (Å²) < 4.78 is 20.7. The maximum atomic E-state index is 13.0. The molecule has 3 nitrogen and oxygen atoms in total. The van der Waals surface area contributed by atoms with Gasteiger partial charge in [-0.2, -0.15) is 5.10 Å². The maximum Gasteiger partial charge on any atom is 0.123 e. The number of rotatable bonds is 6. The Kier molecular flexibility index (Phi) is 4.97. The van der Waals surface area contributed by atoms with E-state index in [-0.39, 0.29) is 5.82 Å². The Balaban J connectivity index is 1.38. The van der Waals surface area contributed by atoms with Crippen molar-refractivity contribution in [2.24, 2.45) is 0 Å². The van der Waals surface area contributed by atoms with Crippen LogP contribution in [0.1, 0.15) is 11.1 Å². The second-order valence-corrected chi connectivity index (χ2v) is 6.32. The van der Waals surface area contributed by atoms with Crippen molar-refractivity contribution >= 4 is 0 Å². The molecule has 0 spiro atoms. The van der Waals surface area contributed by atoms with Crippen molar-refractivity contribution in [1.29, 1.82) is 0 Å². The summed E-state index contributed by atoms with van der Waals surface area (Å²) >= 11 is 0. The van der Waals surface area contributed by atoms with Crippen molar-refractivity contribution in [1.82, 2.24) is 9.78 Å². The van der Waals surface area contributed by atoms with E-state index in [4.69, 9.17) is 4.74 Å². The molecule has 0 aliphatic carbocycles. The van der Waals surface area contributed by atoms with Gasteiger partial charge in [-0.3, -0.25) is 4.68 Å². The first kappa shape index (κ1) is 17.0. The summed E-state index contributed by atoms with van der Waals surface area (Å²) in [7, 11) is 0. The zero-order chi connectivity index (χ0) is 18.5. The van der Waals surface area contributed by atoms with Crippen LogP contribution in [-0.2, 0) is 13.2 Å². The third-order valence-electron chi connectivity index (χ3n) is 4.30. The SMILES string of the molecule is Fc1ccc(-c2ccn(Cc3ccc(OCc4ccccc4)cc3)n2)cc1. The first-order valence-electron chi connectivity index (χ1n) is 8.81. The van der Waals surface area contributed by atoms with Gasteiger partial charge in [0, 0.05) is 11.8 Å². The van der Waals surface area contributed by atoms with Gasteiger partial charge in [0.1, 0.15) is 18.2 Å². The number of ether oxygens (including phenoxy) is 1. The average molecular weight is 358 g/mol. The molecule has 0 unspecified atom stereocenters. The van der Waals surface area contributed by atoms with Crippen LogP contribution in [0.15, 0.2) is 91.1 Å². The van der Waals surface area contributed by atoms with Gasteiger partial charge in [-0.05, 0) is 53.6 Å². The fourth-order valence-corrected chi connectivity index (χ4v) is 2.84. The number of aromatic nitrogens is 2. The molecule has 0 radical (unpaired) electrons. The van der Waals surface area contributed by atoms with Crippen LogP contribution in [0.4, 0.5) is 4.39 Å². The Morgan fingerprint density at radius 3 is 2.26 bits per heavy atom. The predicted octanol–water partition coefficient (Wildman–Crippen LogP) is 5.32. The largest absolute Gasteiger partial charge is 0.489 e. The van der Waals surface area contributed by atoms with E-state index in [2.05, 4.69) is 5.10 Å². The van der Waals surface area contributed by atoms with Crippen LogP contribution in [0, 0.1) is 5.82 Å². The van der Waals surface area contributed by atoms with Gasteiger partial charge in [-0.25, -0.2) is 4.39 Å². The minimum Gasteiger partial charge on any atom is -0.489 e. The lowest BCUT2D eigenvalue weighted by molar-refractivity contribution is 0.306. The zero-order valence-electron chi connectivity index (χ0n) is 14.8. The average Bonchev–Trinajstić information content (AvgIpc) is 3.17. The molecule has 134 valence electrons. The normalized spacial score (nSPS) is 10.7. The van der Waals surface area contributed by atoms with Crippen molar-refractivity contribution in [3.8, 4) is 17.0 Å². The molecule has 0 fully saturated rings. The van der Waals surface area contributed by atoms with Gasteiger partial charge in [0.2, 0.25) is 0 Å². The fourth-order valence-electron chi connectivity index (χ4n) is 2.84. The number of nitrogens with zero attached hydrogens (tertiary/aromatic N) is 2. The smallest absolute Gasteiger partial charge is 0.123 e. The van der Waals surface area contributed by atoms with Gasteiger partial charge in [-0.1, -0.05) is 42.5 Å². The quantitative estimate of drug-likeness (QED) is 0.467. The van der Waals surface area contributed by atoms with Crippen LogP contribution >= 0.6 is 0 Å². The summed E-state index contributed by atoms with van der Waals surface area (Å²) in [6, 6.07) is 26.4. The van der Waals surface area contributed by atoms with Crippen molar-refractivity contribution in [3.63, 3.8) is 0 Å². The zero-order valence-corrected chi connectivity index (χ0v) is 14.8. The van der Waals surface area contributed by atoms with E-state index in [1.807, 2.05) is 71.5 Å². The standard InChI is InChI=1S/C23H19FN2O/c24-21-10-8-20(9-11-21)23-14-15-26(25-23)16-18-6-12-22(13-7-18)27-17-19-4-2-1-3-5-19/h1-15H,16-17H2. The molecular weight excluding hydrogens is 339 g/mol. The fraction of sp³-hybridized carbons (Fsp3) is 0.0870. The van der Waals surface area contributed by atoms with Gasteiger partial charge in [0.15, 0.2) is 0 Å². The molecule has 4 heteroatoms. The van der Waals surface area contributed by atoms with Crippen molar-refractivity contribution in [2.75, 3.05) is 0 Å². The van der Waals surface area contributed by atoms with Crippen LogP contribution in [0.3, 0.4) is 0 Å². The third kappa shape index (κ3) is 4.42. The van der Waals surface area contributed by atoms with Gasteiger partial charge < -0.3 is 4.74 Å². The topological polar surface area (TPSA) is 27.1 Å². The summed E-state index contributed by atoms with van der Waals surface area (Å²) in [5.41, 5.74) is 4.01. The minimum atomic E-state index is -0.243. The Hall–Kier alpha value is -3.40. The molecule has 0 bridgehead atoms. The molecule has 0 aliphatic heterocycles. The van der Waals surface area contributed by atoms with Crippen LogP contribution in [-0.4, -0.2) is 9.78 Å². The summed E-state index contributed by atoms with van der Waals surface area (Å²) in [5.74, 6) is 0.600. The number of hydrogen-bond donors (Lipinski definition) is 0. The predicted molar refractivity (Wildman–Crippen MR) is 104 cm³/mol. The molecule has 0 amide bonds. The van der Waals surface area contributed by atoms with Crippen molar-refractivity contribution in [2.45, 2.75) is 13.2 Å². The van der Waals surface area contributed by atoms with Gasteiger partial charge >= 0.3 is 0 Å². The molecule has 3 aromatic carbocycles. The molecule has 1 heterocycles. The van der Waals surface area contributed by atoms with Crippen molar-refractivity contribution < 1.29 is 9.13 Å².